The lowest BCUT2D eigenvalue weighted by Gasteiger charge is -2.36. The van der Waals surface area contributed by atoms with E-state index >= 15 is 0 Å². The van der Waals surface area contributed by atoms with Crippen LogP contribution in [0.2, 0.25) is 5.02 Å². The van der Waals surface area contributed by atoms with Gasteiger partial charge in [-0.1, -0.05) is 27.5 Å². The fourth-order valence-electron chi connectivity index (χ4n) is 2.77. The van der Waals surface area contributed by atoms with Crippen molar-refractivity contribution in [1.29, 1.82) is 0 Å². The summed E-state index contributed by atoms with van der Waals surface area (Å²) in [4.78, 5) is 6.95. The Morgan fingerprint density at radius 2 is 2.33 bits per heavy atom. The molecule has 1 saturated heterocycles. The quantitative estimate of drug-likeness (QED) is 0.903. The summed E-state index contributed by atoms with van der Waals surface area (Å²) in [6, 6.07) is 6.28. The molecule has 112 valence electrons. The lowest BCUT2D eigenvalue weighted by Crippen LogP contribution is -2.46. The third-order valence-electron chi connectivity index (χ3n) is 3.89. The summed E-state index contributed by atoms with van der Waals surface area (Å²) >= 11 is 9.86. The lowest BCUT2D eigenvalue weighted by atomic mass is 10.1. The molecule has 0 aliphatic carbocycles. The third-order valence-corrected chi connectivity index (χ3v) is 4.75. The molecule has 2 heterocycles. The van der Waals surface area contributed by atoms with E-state index in [2.05, 4.69) is 41.8 Å². The lowest BCUT2D eigenvalue weighted by molar-refractivity contribution is 0.145. The minimum absolute atomic E-state index is 0.272. The van der Waals surface area contributed by atoms with Crippen molar-refractivity contribution in [2.75, 3.05) is 19.6 Å². The highest BCUT2D eigenvalue weighted by atomic mass is 79.9. The Labute approximate surface area is 138 Å². The van der Waals surface area contributed by atoms with Crippen molar-refractivity contribution in [3.63, 3.8) is 0 Å². The van der Waals surface area contributed by atoms with Gasteiger partial charge in [-0.15, -0.1) is 0 Å². The van der Waals surface area contributed by atoms with Gasteiger partial charge in [0.2, 0.25) is 0 Å². The number of rotatable bonds is 3. The highest BCUT2D eigenvalue weighted by Gasteiger charge is 2.27. The Hall–Kier alpha value is -0.880. The molecule has 1 atom stereocenters. The number of benzene rings is 1. The molecule has 1 N–H and O–H groups in total. The minimum Gasteiger partial charge on any atom is -0.337 e. The van der Waals surface area contributed by atoms with Gasteiger partial charge in [0.05, 0.1) is 6.04 Å². The molecule has 4 nitrogen and oxygen atoms in total. The van der Waals surface area contributed by atoms with Crippen LogP contribution in [0.5, 0.6) is 0 Å². The predicted molar refractivity (Wildman–Crippen MR) is 88.4 cm³/mol. The highest BCUT2D eigenvalue weighted by molar-refractivity contribution is 9.10. The monoisotopic (exact) mass is 368 g/mol. The molecule has 21 heavy (non-hydrogen) atoms. The Kier molecular flexibility index (Phi) is 4.64. The van der Waals surface area contributed by atoms with Crippen molar-refractivity contribution < 1.29 is 0 Å². The summed E-state index contributed by atoms with van der Waals surface area (Å²) in [6.45, 7) is 3.72. The zero-order chi connectivity index (χ0) is 14.8. The van der Waals surface area contributed by atoms with E-state index in [1.54, 1.807) is 0 Å². The van der Waals surface area contributed by atoms with E-state index in [0.717, 1.165) is 47.1 Å². The van der Waals surface area contributed by atoms with Gasteiger partial charge in [-0.25, -0.2) is 4.98 Å². The number of piperazine rings is 1. The maximum atomic E-state index is 6.34. The maximum absolute atomic E-state index is 6.34. The summed E-state index contributed by atoms with van der Waals surface area (Å²) < 4.78 is 3.15. The van der Waals surface area contributed by atoms with E-state index in [9.17, 15) is 0 Å². The topological polar surface area (TPSA) is 33.1 Å². The van der Waals surface area contributed by atoms with E-state index in [1.807, 2.05) is 31.6 Å². The van der Waals surface area contributed by atoms with Crippen molar-refractivity contribution in [1.82, 2.24) is 19.8 Å². The van der Waals surface area contributed by atoms with Crippen molar-refractivity contribution in [3.05, 3.63) is 51.5 Å². The summed E-state index contributed by atoms with van der Waals surface area (Å²) in [5.41, 5.74) is 1.15. The van der Waals surface area contributed by atoms with Gasteiger partial charge < -0.3 is 9.88 Å². The van der Waals surface area contributed by atoms with Crippen molar-refractivity contribution >= 4 is 27.5 Å². The summed E-state index contributed by atoms with van der Waals surface area (Å²) in [6.07, 6.45) is 3.85. The molecule has 1 aromatic carbocycles. The van der Waals surface area contributed by atoms with E-state index < -0.39 is 0 Å². The largest absolute Gasteiger partial charge is 0.337 e. The van der Waals surface area contributed by atoms with Crippen LogP contribution in [0.3, 0.4) is 0 Å². The molecule has 0 bridgehead atoms. The van der Waals surface area contributed by atoms with Crippen LogP contribution in [0.1, 0.15) is 17.4 Å². The number of hydrogen-bond donors (Lipinski definition) is 1. The predicted octanol–water partition coefficient (Wildman–Crippen LogP) is 2.98. The second-order valence-electron chi connectivity index (χ2n) is 5.32. The number of nitrogens with zero attached hydrogens (tertiary/aromatic N) is 3. The van der Waals surface area contributed by atoms with Gasteiger partial charge in [0.1, 0.15) is 5.82 Å². The van der Waals surface area contributed by atoms with Crippen LogP contribution in [0.4, 0.5) is 0 Å². The van der Waals surface area contributed by atoms with Gasteiger partial charge in [-0.05, 0) is 23.8 Å². The smallest absolute Gasteiger partial charge is 0.127 e. The van der Waals surface area contributed by atoms with Gasteiger partial charge in [0.25, 0.3) is 0 Å². The first kappa shape index (κ1) is 15.0. The molecule has 0 spiro atoms. The molecule has 1 aliphatic heterocycles. The van der Waals surface area contributed by atoms with E-state index in [4.69, 9.17) is 11.6 Å². The molecule has 1 unspecified atom stereocenters. The SMILES string of the molecule is Cn1ccnc1C1CNCCN1Cc1cc(Br)ccc1Cl. The Bertz CT molecular complexity index is 628. The van der Waals surface area contributed by atoms with Crippen LogP contribution in [-0.4, -0.2) is 34.1 Å². The molecule has 6 heteroatoms. The van der Waals surface area contributed by atoms with Crippen LogP contribution < -0.4 is 5.32 Å². The molecular weight excluding hydrogens is 352 g/mol. The fraction of sp³-hybridized carbons (Fsp3) is 0.400. The van der Waals surface area contributed by atoms with Gasteiger partial charge in [-0.3, -0.25) is 4.90 Å². The summed E-state index contributed by atoms with van der Waals surface area (Å²) in [7, 11) is 2.04. The van der Waals surface area contributed by atoms with Crippen LogP contribution in [0.25, 0.3) is 0 Å². The van der Waals surface area contributed by atoms with Crippen LogP contribution in [0, 0.1) is 0 Å². The first-order valence-electron chi connectivity index (χ1n) is 7.01. The number of imidazole rings is 1. The summed E-state index contributed by atoms with van der Waals surface area (Å²) in [5, 5.41) is 4.27. The fourth-order valence-corrected chi connectivity index (χ4v) is 3.36. The first-order valence-corrected chi connectivity index (χ1v) is 8.18. The average Bonchev–Trinajstić information content (AvgIpc) is 2.90. The van der Waals surface area contributed by atoms with Crippen molar-refractivity contribution in [2.45, 2.75) is 12.6 Å². The number of halogens is 2. The molecular formula is C15H18BrClN4. The normalized spacial score (nSPS) is 19.9. The number of nitrogens with one attached hydrogen (secondary N) is 1. The van der Waals surface area contributed by atoms with Crippen molar-refractivity contribution in [2.24, 2.45) is 7.05 Å². The average molecular weight is 370 g/mol. The molecule has 1 aromatic heterocycles. The molecule has 2 aromatic rings. The van der Waals surface area contributed by atoms with Crippen LogP contribution in [-0.2, 0) is 13.6 Å². The van der Waals surface area contributed by atoms with Crippen LogP contribution >= 0.6 is 27.5 Å². The molecule has 0 radical (unpaired) electrons. The Morgan fingerprint density at radius 3 is 3.10 bits per heavy atom. The number of aryl methyl sites for hydroxylation is 1. The molecule has 3 rings (SSSR count). The number of hydrogen-bond acceptors (Lipinski definition) is 3. The Balaban J connectivity index is 1.85. The second-order valence-corrected chi connectivity index (χ2v) is 6.65. The molecule has 1 aliphatic rings. The molecule has 0 saturated carbocycles. The minimum atomic E-state index is 0.272. The first-order chi connectivity index (χ1) is 10.1. The van der Waals surface area contributed by atoms with E-state index in [1.165, 1.54) is 0 Å². The van der Waals surface area contributed by atoms with Crippen LogP contribution in [0.15, 0.2) is 35.1 Å². The number of aromatic nitrogens is 2. The highest BCUT2D eigenvalue weighted by Crippen LogP contribution is 2.27. The zero-order valence-electron chi connectivity index (χ0n) is 11.9. The van der Waals surface area contributed by atoms with Gasteiger partial charge >= 0.3 is 0 Å². The standard InChI is InChI=1S/C15H18BrClN4/c1-20-6-5-19-15(20)14-9-18-4-7-21(14)10-11-8-12(16)2-3-13(11)17/h2-3,5-6,8,14,18H,4,7,9-10H2,1H3. The maximum Gasteiger partial charge on any atom is 0.127 e. The van der Waals surface area contributed by atoms with Gasteiger partial charge in [0.15, 0.2) is 0 Å². The zero-order valence-corrected chi connectivity index (χ0v) is 14.2. The van der Waals surface area contributed by atoms with Gasteiger partial charge in [0, 0.05) is 55.1 Å². The molecule has 1 fully saturated rings. The van der Waals surface area contributed by atoms with Crippen molar-refractivity contribution in [3.8, 4) is 0 Å². The van der Waals surface area contributed by atoms with Gasteiger partial charge in [-0.2, -0.15) is 0 Å². The third kappa shape index (κ3) is 3.31. The molecule has 0 amide bonds. The van der Waals surface area contributed by atoms with E-state index in [-0.39, 0.29) is 6.04 Å². The summed E-state index contributed by atoms with van der Waals surface area (Å²) in [5.74, 6) is 1.09. The second kappa shape index (κ2) is 6.48. The van der Waals surface area contributed by atoms with E-state index in [0.29, 0.717) is 0 Å². The Morgan fingerprint density at radius 1 is 1.48 bits per heavy atom.